The third-order valence-electron chi connectivity index (χ3n) is 2.28. The number of carbonyl (C=O) groups is 1. The molecule has 0 aromatic carbocycles. The molecule has 10 heteroatoms. The maximum atomic E-state index is 10.7. The summed E-state index contributed by atoms with van der Waals surface area (Å²) in [6.07, 6.45) is 2.08. The Labute approximate surface area is 142 Å². The Balaban J connectivity index is 3.10. The number of esters is 1. The number of rotatable bonds is 17. The first-order chi connectivity index (χ1) is 11.5. The van der Waals surface area contributed by atoms with Crippen LogP contribution in [0.4, 0.5) is 0 Å². The van der Waals surface area contributed by atoms with E-state index >= 15 is 0 Å². The van der Waals surface area contributed by atoms with Crippen LogP contribution in [0.1, 0.15) is 0 Å². The molecule has 0 unspecified atom stereocenters. The Bertz CT molecular complexity index is 422. The van der Waals surface area contributed by atoms with Crippen LogP contribution < -0.4 is 0 Å². The SMILES string of the molecule is C=CC(=O)OCCOCCOCCOCCOCCOS(C)(=O)=O. The summed E-state index contributed by atoms with van der Waals surface area (Å²) in [4.78, 5) is 10.7. The van der Waals surface area contributed by atoms with Gasteiger partial charge in [0, 0.05) is 6.08 Å². The maximum absolute atomic E-state index is 10.7. The van der Waals surface area contributed by atoms with E-state index in [9.17, 15) is 13.2 Å². The molecular weight excluding hydrogens is 344 g/mol. The van der Waals surface area contributed by atoms with Crippen molar-refractivity contribution in [2.75, 3.05) is 72.3 Å². The largest absolute Gasteiger partial charge is 0.460 e. The Hall–Kier alpha value is -1.04. The molecule has 24 heavy (non-hydrogen) atoms. The Morgan fingerprint density at radius 1 is 0.792 bits per heavy atom. The Morgan fingerprint density at radius 2 is 1.17 bits per heavy atom. The monoisotopic (exact) mass is 370 g/mol. The number of hydrogen-bond donors (Lipinski definition) is 0. The van der Waals surface area contributed by atoms with Crippen molar-refractivity contribution in [1.82, 2.24) is 0 Å². The first-order valence-electron chi connectivity index (χ1n) is 7.40. The third-order valence-corrected chi connectivity index (χ3v) is 2.87. The van der Waals surface area contributed by atoms with E-state index in [1.807, 2.05) is 0 Å². The van der Waals surface area contributed by atoms with Crippen LogP contribution in [0, 0.1) is 0 Å². The molecule has 0 saturated carbocycles. The van der Waals surface area contributed by atoms with Crippen LogP contribution >= 0.6 is 0 Å². The summed E-state index contributed by atoms with van der Waals surface area (Å²) >= 11 is 0. The average Bonchev–Trinajstić information content (AvgIpc) is 2.53. The van der Waals surface area contributed by atoms with Crippen LogP contribution in [-0.4, -0.2) is 86.7 Å². The molecule has 0 rings (SSSR count). The van der Waals surface area contributed by atoms with Crippen LogP contribution in [0.2, 0.25) is 0 Å². The zero-order chi connectivity index (χ0) is 18.1. The molecular formula is C14H26O9S. The summed E-state index contributed by atoms with van der Waals surface area (Å²) < 4.78 is 51.3. The van der Waals surface area contributed by atoms with Gasteiger partial charge >= 0.3 is 5.97 Å². The smallest absolute Gasteiger partial charge is 0.330 e. The maximum Gasteiger partial charge on any atom is 0.330 e. The summed E-state index contributed by atoms with van der Waals surface area (Å²) in [6.45, 7) is 6.33. The second-order valence-electron chi connectivity index (χ2n) is 4.35. The van der Waals surface area contributed by atoms with E-state index in [-0.39, 0.29) is 19.8 Å². The summed E-state index contributed by atoms with van der Waals surface area (Å²) in [5, 5.41) is 0. The molecule has 0 radical (unpaired) electrons. The highest BCUT2D eigenvalue weighted by molar-refractivity contribution is 7.85. The van der Waals surface area contributed by atoms with E-state index in [4.69, 9.17) is 23.7 Å². The topological polar surface area (TPSA) is 107 Å². The normalized spacial score (nSPS) is 11.4. The lowest BCUT2D eigenvalue weighted by Gasteiger charge is -2.07. The van der Waals surface area contributed by atoms with Crippen molar-refractivity contribution in [3.63, 3.8) is 0 Å². The fraction of sp³-hybridized carbons (Fsp3) is 0.786. The van der Waals surface area contributed by atoms with Gasteiger partial charge in [0.05, 0.1) is 65.7 Å². The van der Waals surface area contributed by atoms with Gasteiger partial charge in [0.25, 0.3) is 10.1 Å². The third kappa shape index (κ3) is 19.0. The summed E-state index contributed by atoms with van der Waals surface area (Å²) in [5.41, 5.74) is 0. The summed E-state index contributed by atoms with van der Waals surface area (Å²) in [6, 6.07) is 0. The lowest BCUT2D eigenvalue weighted by Crippen LogP contribution is -2.15. The van der Waals surface area contributed by atoms with Crippen molar-refractivity contribution in [1.29, 1.82) is 0 Å². The fourth-order valence-corrected chi connectivity index (χ4v) is 1.64. The molecule has 0 bridgehead atoms. The van der Waals surface area contributed by atoms with Gasteiger partial charge in [0.2, 0.25) is 0 Å². The molecule has 0 aliphatic rings. The van der Waals surface area contributed by atoms with Crippen molar-refractivity contribution in [2.24, 2.45) is 0 Å². The molecule has 142 valence electrons. The number of ether oxygens (including phenoxy) is 5. The van der Waals surface area contributed by atoms with Gasteiger partial charge < -0.3 is 23.7 Å². The van der Waals surface area contributed by atoms with Crippen molar-refractivity contribution < 1.29 is 41.1 Å². The first kappa shape index (κ1) is 23.0. The Morgan fingerprint density at radius 3 is 1.54 bits per heavy atom. The second kappa shape index (κ2) is 15.5. The van der Waals surface area contributed by atoms with E-state index in [0.717, 1.165) is 12.3 Å². The molecule has 0 aliphatic heterocycles. The fourth-order valence-electron chi connectivity index (χ4n) is 1.27. The highest BCUT2D eigenvalue weighted by atomic mass is 32.2. The molecule has 0 saturated heterocycles. The zero-order valence-electron chi connectivity index (χ0n) is 13.9. The standard InChI is InChI=1S/C14H26O9S/c1-3-14(15)22-12-10-20-8-6-18-4-5-19-7-9-21-11-13-23-24(2,16)17/h3H,1,4-13H2,2H3. The van der Waals surface area contributed by atoms with Crippen molar-refractivity contribution in [2.45, 2.75) is 0 Å². The molecule has 0 heterocycles. The van der Waals surface area contributed by atoms with Gasteiger partial charge in [-0.05, 0) is 0 Å². The quantitative estimate of drug-likeness (QED) is 0.148. The highest BCUT2D eigenvalue weighted by Gasteiger charge is 2.00. The van der Waals surface area contributed by atoms with Gasteiger partial charge in [-0.25, -0.2) is 4.79 Å². The summed E-state index contributed by atoms with van der Waals surface area (Å²) in [7, 11) is -3.41. The molecule has 0 N–H and O–H groups in total. The van der Waals surface area contributed by atoms with E-state index in [1.165, 1.54) is 0 Å². The predicted octanol–water partition coefficient (Wildman–Crippen LogP) is -0.242. The average molecular weight is 370 g/mol. The molecule has 0 amide bonds. The van der Waals surface area contributed by atoms with Crippen LogP contribution in [0.25, 0.3) is 0 Å². The molecule has 0 aromatic heterocycles. The van der Waals surface area contributed by atoms with Crippen molar-refractivity contribution in [3.05, 3.63) is 12.7 Å². The molecule has 0 aliphatic carbocycles. The van der Waals surface area contributed by atoms with E-state index < -0.39 is 16.1 Å². The van der Waals surface area contributed by atoms with E-state index in [0.29, 0.717) is 46.2 Å². The molecule has 0 fully saturated rings. The van der Waals surface area contributed by atoms with Gasteiger partial charge in [0.1, 0.15) is 6.61 Å². The van der Waals surface area contributed by atoms with Gasteiger partial charge in [-0.1, -0.05) is 6.58 Å². The number of carbonyl (C=O) groups excluding carboxylic acids is 1. The zero-order valence-corrected chi connectivity index (χ0v) is 14.8. The van der Waals surface area contributed by atoms with Crippen molar-refractivity contribution in [3.8, 4) is 0 Å². The minimum atomic E-state index is -3.41. The lowest BCUT2D eigenvalue weighted by atomic mass is 10.6. The minimum Gasteiger partial charge on any atom is -0.460 e. The lowest BCUT2D eigenvalue weighted by molar-refractivity contribution is -0.139. The van der Waals surface area contributed by atoms with E-state index in [1.54, 1.807) is 0 Å². The predicted molar refractivity (Wildman–Crippen MR) is 85.2 cm³/mol. The van der Waals surface area contributed by atoms with Crippen LogP contribution in [0.15, 0.2) is 12.7 Å². The minimum absolute atomic E-state index is 0.00522. The van der Waals surface area contributed by atoms with Crippen LogP contribution in [-0.2, 0) is 42.8 Å². The van der Waals surface area contributed by atoms with Gasteiger partial charge in [0.15, 0.2) is 0 Å². The first-order valence-corrected chi connectivity index (χ1v) is 9.22. The van der Waals surface area contributed by atoms with Crippen LogP contribution in [0.5, 0.6) is 0 Å². The highest BCUT2D eigenvalue weighted by Crippen LogP contribution is 1.87. The second-order valence-corrected chi connectivity index (χ2v) is 5.99. The molecule has 0 spiro atoms. The number of hydrogen-bond acceptors (Lipinski definition) is 9. The molecule has 0 aromatic rings. The van der Waals surface area contributed by atoms with Gasteiger partial charge in [-0.2, -0.15) is 8.42 Å². The Kier molecular flexibility index (Phi) is 14.8. The van der Waals surface area contributed by atoms with Crippen molar-refractivity contribution >= 4 is 16.1 Å². The van der Waals surface area contributed by atoms with E-state index in [2.05, 4.69) is 10.8 Å². The molecule has 9 nitrogen and oxygen atoms in total. The van der Waals surface area contributed by atoms with Gasteiger partial charge in [-0.3, -0.25) is 4.18 Å². The summed E-state index contributed by atoms with van der Waals surface area (Å²) in [5.74, 6) is -0.473. The van der Waals surface area contributed by atoms with Gasteiger partial charge in [-0.15, -0.1) is 0 Å². The molecule has 0 atom stereocenters. The van der Waals surface area contributed by atoms with Crippen LogP contribution in [0.3, 0.4) is 0 Å².